The first-order valence-corrected chi connectivity index (χ1v) is 10.9. The molecule has 1 unspecified atom stereocenters. The van der Waals surface area contributed by atoms with Crippen LogP contribution in [0.5, 0.6) is 0 Å². The molecule has 0 bridgehead atoms. The number of carbonyl (C=O) groups excluding carboxylic acids is 1. The molecule has 6 heteroatoms. The van der Waals surface area contributed by atoms with Crippen LogP contribution in [0.4, 0.5) is 14.5 Å². The second-order valence-electron chi connectivity index (χ2n) is 8.86. The minimum atomic E-state index is -2.04. The van der Waals surface area contributed by atoms with Crippen molar-refractivity contribution in [3.8, 4) is 0 Å². The zero-order valence-electron chi connectivity index (χ0n) is 17.6. The fourth-order valence-electron chi connectivity index (χ4n) is 4.59. The second-order valence-corrected chi connectivity index (χ2v) is 9.30. The van der Waals surface area contributed by atoms with Gasteiger partial charge in [0.2, 0.25) is 0 Å². The number of amides is 1. The maximum Gasteiger partial charge on any atom is 0.262 e. The van der Waals surface area contributed by atoms with E-state index in [0.29, 0.717) is 23.6 Å². The molecule has 162 valence electrons. The standard InChI is InChI=1S/C25H25ClF2N2O/c1-24(25(2,28)23(31)30-19-6-3-17(26)4-7-19)12-9-16(10-13-24)20-11-14-29-22-8-5-18(27)15-21(20)22/h3-8,11,14-16H,9-10,12-13H2,1-2H3,(H,30,31). The highest BCUT2D eigenvalue weighted by atomic mass is 35.5. The molecule has 1 heterocycles. The van der Waals surface area contributed by atoms with E-state index in [2.05, 4.69) is 10.3 Å². The number of nitrogens with zero attached hydrogens (tertiary/aromatic N) is 1. The molecule has 3 nitrogen and oxygen atoms in total. The number of hydrogen-bond acceptors (Lipinski definition) is 2. The number of pyridine rings is 1. The molecule has 1 fully saturated rings. The molecule has 1 aliphatic carbocycles. The Morgan fingerprint density at radius 1 is 1.16 bits per heavy atom. The van der Waals surface area contributed by atoms with Crippen LogP contribution in [0, 0.1) is 11.2 Å². The summed E-state index contributed by atoms with van der Waals surface area (Å²) < 4.78 is 29.7. The van der Waals surface area contributed by atoms with Gasteiger partial charge in [0.15, 0.2) is 5.67 Å². The summed E-state index contributed by atoms with van der Waals surface area (Å²) in [5.41, 5.74) is -0.526. The minimum absolute atomic E-state index is 0.176. The highest BCUT2D eigenvalue weighted by Crippen LogP contribution is 2.51. The first-order chi connectivity index (χ1) is 14.7. The summed E-state index contributed by atoms with van der Waals surface area (Å²) >= 11 is 5.88. The molecule has 0 saturated heterocycles. The van der Waals surface area contributed by atoms with Crippen LogP contribution in [0.3, 0.4) is 0 Å². The summed E-state index contributed by atoms with van der Waals surface area (Å²) in [6.45, 7) is 3.21. The smallest absolute Gasteiger partial charge is 0.262 e. The summed E-state index contributed by atoms with van der Waals surface area (Å²) in [6.07, 6.45) is 4.29. The van der Waals surface area contributed by atoms with E-state index in [-0.39, 0.29) is 11.7 Å². The number of halogens is 3. The lowest BCUT2D eigenvalue weighted by atomic mass is 9.62. The van der Waals surface area contributed by atoms with E-state index in [1.807, 2.05) is 13.0 Å². The van der Waals surface area contributed by atoms with E-state index in [1.165, 1.54) is 19.1 Å². The molecular weight excluding hydrogens is 418 g/mol. The highest BCUT2D eigenvalue weighted by Gasteiger charge is 2.52. The maximum absolute atomic E-state index is 15.9. The van der Waals surface area contributed by atoms with Gasteiger partial charge >= 0.3 is 0 Å². The third-order valence-corrected chi connectivity index (χ3v) is 7.18. The number of anilines is 1. The number of benzene rings is 2. The predicted molar refractivity (Wildman–Crippen MR) is 121 cm³/mol. The number of fused-ring (bicyclic) bond motifs is 1. The summed E-state index contributed by atoms with van der Waals surface area (Å²) in [5, 5.41) is 4.04. The van der Waals surface area contributed by atoms with Crippen LogP contribution in [-0.4, -0.2) is 16.6 Å². The van der Waals surface area contributed by atoms with Crippen molar-refractivity contribution in [2.75, 3.05) is 5.32 Å². The fourth-order valence-corrected chi connectivity index (χ4v) is 4.71. The van der Waals surface area contributed by atoms with Crippen molar-refractivity contribution in [1.29, 1.82) is 0 Å². The van der Waals surface area contributed by atoms with E-state index >= 15 is 4.39 Å². The molecule has 4 rings (SSSR count). The van der Waals surface area contributed by atoms with Crippen LogP contribution in [0.25, 0.3) is 10.9 Å². The van der Waals surface area contributed by atoms with Gasteiger partial charge in [0.25, 0.3) is 5.91 Å². The van der Waals surface area contributed by atoms with Crippen LogP contribution in [0.15, 0.2) is 54.7 Å². The SMILES string of the molecule is CC1(C(C)(F)C(=O)Nc2ccc(Cl)cc2)CCC(c2ccnc3ccc(F)cc23)CC1. The monoisotopic (exact) mass is 442 g/mol. The molecule has 2 aromatic carbocycles. The highest BCUT2D eigenvalue weighted by molar-refractivity contribution is 6.30. The van der Waals surface area contributed by atoms with Gasteiger partial charge in [-0.2, -0.15) is 0 Å². The molecule has 31 heavy (non-hydrogen) atoms. The Balaban J connectivity index is 1.50. The van der Waals surface area contributed by atoms with Crippen LogP contribution in [0.1, 0.15) is 51.0 Å². The van der Waals surface area contributed by atoms with Crippen molar-refractivity contribution in [2.45, 2.75) is 51.1 Å². The molecule has 3 aromatic rings. The van der Waals surface area contributed by atoms with Gasteiger partial charge in [-0.3, -0.25) is 9.78 Å². The van der Waals surface area contributed by atoms with Crippen molar-refractivity contribution in [2.24, 2.45) is 5.41 Å². The molecule has 0 aliphatic heterocycles. The Kier molecular flexibility index (Phi) is 5.73. The average Bonchev–Trinajstić information content (AvgIpc) is 2.75. The minimum Gasteiger partial charge on any atom is -0.323 e. The van der Waals surface area contributed by atoms with Crippen LogP contribution in [0.2, 0.25) is 5.02 Å². The number of alkyl halides is 1. The number of hydrogen-bond donors (Lipinski definition) is 1. The Labute approximate surface area is 185 Å². The van der Waals surface area contributed by atoms with Gasteiger partial charge in [0.1, 0.15) is 5.82 Å². The van der Waals surface area contributed by atoms with Gasteiger partial charge in [0.05, 0.1) is 5.52 Å². The van der Waals surface area contributed by atoms with Crippen LogP contribution in [-0.2, 0) is 4.79 Å². The molecule has 0 radical (unpaired) electrons. The molecule has 1 amide bonds. The summed E-state index contributed by atoms with van der Waals surface area (Å²) in [4.78, 5) is 17.1. The van der Waals surface area contributed by atoms with Gasteiger partial charge < -0.3 is 5.32 Å². The van der Waals surface area contributed by atoms with Crippen molar-refractivity contribution >= 4 is 34.1 Å². The number of carbonyl (C=O) groups is 1. The Hall–Kier alpha value is -2.53. The van der Waals surface area contributed by atoms with Gasteiger partial charge in [-0.1, -0.05) is 18.5 Å². The lowest BCUT2D eigenvalue weighted by Crippen LogP contribution is -2.51. The van der Waals surface area contributed by atoms with Crippen molar-refractivity contribution in [3.05, 3.63) is 71.1 Å². The Morgan fingerprint density at radius 3 is 2.52 bits per heavy atom. The molecule has 1 saturated carbocycles. The Bertz CT molecular complexity index is 1110. The van der Waals surface area contributed by atoms with Crippen LogP contribution >= 0.6 is 11.6 Å². The average molecular weight is 443 g/mol. The van der Waals surface area contributed by atoms with Crippen molar-refractivity contribution in [3.63, 3.8) is 0 Å². The van der Waals surface area contributed by atoms with E-state index in [4.69, 9.17) is 11.6 Å². The second kappa shape index (κ2) is 8.19. The van der Waals surface area contributed by atoms with Crippen LogP contribution < -0.4 is 5.32 Å². The van der Waals surface area contributed by atoms with Gasteiger partial charge in [0, 0.05) is 27.7 Å². The van der Waals surface area contributed by atoms with E-state index < -0.39 is 17.0 Å². The largest absolute Gasteiger partial charge is 0.323 e. The normalized spacial score (nSPS) is 23.3. The first kappa shape index (κ1) is 21.7. The third kappa shape index (κ3) is 4.16. The lowest BCUT2D eigenvalue weighted by Gasteiger charge is -2.44. The number of nitrogens with one attached hydrogen (secondary N) is 1. The van der Waals surface area contributed by atoms with Crippen molar-refractivity contribution < 1.29 is 13.6 Å². The molecular formula is C25H25ClF2N2O. The first-order valence-electron chi connectivity index (χ1n) is 10.5. The van der Waals surface area contributed by atoms with Gasteiger partial charge in [-0.25, -0.2) is 8.78 Å². The summed E-state index contributed by atoms with van der Waals surface area (Å²) in [6, 6.07) is 13.2. The fraction of sp³-hybridized carbons (Fsp3) is 0.360. The molecule has 0 spiro atoms. The summed E-state index contributed by atoms with van der Waals surface area (Å²) in [5.74, 6) is -0.764. The number of aromatic nitrogens is 1. The van der Waals surface area contributed by atoms with Crippen molar-refractivity contribution in [1.82, 2.24) is 4.98 Å². The van der Waals surface area contributed by atoms with E-state index in [9.17, 15) is 9.18 Å². The predicted octanol–water partition coefficient (Wildman–Crippen LogP) is 7.06. The van der Waals surface area contributed by atoms with Gasteiger partial charge in [-0.05, 0) is 92.6 Å². The number of rotatable bonds is 4. The molecule has 1 aliphatic rings. The topological polar surface area (TPSA) is 42.0 Å². The van der Waals surface area contributed by atoms with E-state index in [0.717, 1.165) is 29.3 Å². The molecule has 1 atom stereocenters. The molecule has 1 N–H and O–H groups in total. The summed E-state index contributed by atoms with van der Waals surface area (Å²) in [7, 11) is 0. The van der Waals surface area contributed by atoms with Gasteiger partial charge in [-0.15, -0.1) is 0 Å². The lowest BCUT2D eigenvalue weighted by molar-refractivity contribution is -0.137. The third-order valence-electron chi connectivity index (χ3n) is 6.93. The molecule has 1 aromatic heterocycles. The zero-order valence-corrected chi connectivity index (χ0v) is 18.3. The quantitative estimate of drug-likeness (QED) is 0.470. The maximum atomic E-state index is 15.9. The Morgan fingerprint density at radius 2 is 1.84 bits per heavy atom. The zero-order chi connectivity index (χ0) is 22.2. The van der Waals surface area contributed by atoms with E-state index in [1.54, 1.807) is 36.5 Å².